The monoisotopic (exact) mass is 352 g/mol. The standard InChI is InChI=1S/C20H24N4O2/c1-23(14-8-16-5-9-21-10-6-16)19(25)17-7-11-22-18(15-17)20(26)24-12-3-2-4-13-24/h5-7,9-11,15H,2-4,8,12-14H2,1H3. The molecule has 6 nitrogen and oxygen atoms in total. The minimum Gasteiger partial charge on any atom is -0.341 e. The first kappa shape index (κ1) is 18.0. The van der Waals surface area contributed by atoms with E-state index in [4.69, 9.17) is 0 Å². The van der Waals surface area contributed by atoms with Crippen LogP contribution >= 0.6 is 0 Å². The van der Waals surface area contributed by atoms with Gasteiger partial charge in [0.05, 0.1) is 0 Å². The largest absolute Gasteiger partial charge is 0.341 e. The predicted octanol–water partition coefficient (Wildman–Crippen LogP) is 2.42. The first-order valence-corrected chi connectivity index (χ1v) is 9.05. The summed E-state index contributed by atoms with van der Waals surface area (Å²) in [7, 11) is 1.77. The fourth-order valence-electron chi connectivity index (χ4n) is 3.11. The Labute approximate surface area is 153 Å². The number of likely N-dealkylation sites (tertiary alicyclic amines) is 1. The second-order valence-electron chi connectivity index (χ2n) is 6.61. The Balaban J connectivity index is 1.64. The maximum atomic E-state index is 12.7. The zero-order valence-corrected chi connectivity index (χ0v) is 15.1. The molecule has 0 aliphatic carbocycles. The fraction of sp³-hybridized carbons (Fsp3) is 0.400. The van der Waals surface area contributed by atoms with Gasteiger partial charge in [-0.15, -0.1) is 0 Å². The molecule has 0 bridgehead atoms. The Morgan fingerprint density at radius 3 is 2.54 bits per heavy atom. The number of hydrogen-bond acceptors (Lipinski definition) is 4. The molecule has 1 fully saturated rings. The van der Waals surface area contributed by atoms with Crippen LogP contribution in [0, 0.1) is 0 Å². The van der Waals surface area contributed by atoms with Crippen LogP contribution in [0.1, 0.15) is 45.7 Å². The highest BCUT2D eigenvalue weighted by Gasteiger charge is 2.21. The number of hydrogen-bond donors (Lipinski definition) is 0. The van der Waals surface area contributed by atoms with Crippen molar-refractivity contribution < 1.29 is 9.59 Å². The Kier molecular flexibility index (Phi) is 5.94. The molecule has 3 heterocycles. The summed E-state index contributed by atoms with van der Waals surface area (Å²) in [4.78, 5) is 36.9. The fourth-order valence-corrected chi connectivity index (χ4v) is 3.11. The van der Waals surface area contributed by atoms with Gasteiger partial charge in [0, 0.05) is 50.8 Å². The molecule has 136 valence electrons. The third kappa shape index (κ3) is 4.45. The maximum absolute atomic E-state index is 12.7. The molecule has 0 saturated carbocycles. The molecule has 6 heteroatoms. The highest BCUT2D eigenvalue weighted by Crippen LogP contribution is 2.13. The van der Waals surface area contributed by atoms with E-state index in [1.54, 1.807) is 42.7 Å². The number of nitrogens with zero attached hydrogens (tertiary/aromatic N) is 4. The lowest BCUT2D eigenvalue weighted by atomic mass is 10.1. The highest BCUT2D eigenvalue weighted by molar-refractivity contribution is 5.98. The van der Waals surface area contributed by atoms with Gasteiger partial charge >= 0.3 is 0 Å². The van der Waals surface area contributed by atoms with Crippen LogP contribution in [0.3, 0.4) is 0 Å². The van der Waals surface area contributed by atoms with Gasteiger partial charge in [-0.2, -0.15) is 0 Å². The topological polar surface area (TPSA) is 66.4 Å². The maximum Gasteiger partial charge on any atom is 0.272 e. The van der Waals surface area contributed by atoms with E-state index < -0.39 is 0 Å². The molecular formula is C20H24N4O2. The second-order valence-corrected chi connectivity index (χ2v) is 6.61. The van der Waals surface area contributed by atoms with E-state index in [2.05, 4.69) is 9.97 Å². The van der Waals surface area contributed by atoms with Gasteiger partial charge in [-0.3, -0.25) is 19.6 Å². The Hall–Kier alpha value is -2.76. The van der Waals surface area contributed by atoms with Gasteiger partial charge in [-0.25, -0.2) is 0 Å². The first-order chi connectivity index (χ1) is 12.6. The molecule has 2 amide bonds. The van der Waals surface area contributed by atoms with E-state index in [-0.39, 0.29) is 11.8 Å². The van der Waals surface area contributed by atoms with Crippen molar-refractivity contribution in [1.29, 1.82) is 0 Å². The van der Waals surface area contributed by atoms with Crippen LogP contribution in [-0.2, 0) is 6.42 Å². The van der Waals surface area contributed by atoms with E-state index in [0.29, 0.717) is 17.8 Å². The quantitative estimate of drug-likeness (QED) is 0.829. The molecule has 1 aliphatic heterocycles. The molecule has 2 aromatic heterocycles. The third-order valence-electron chi connectivity index (χ3n) is 4.70. The van der Waals surface area contributed by atoms with Crippen molar-refractivity contribution in [1.82, 2.24) is 19.8 Å². The molecule has 0 N–H and O–H groups in total. The van der Waals surface area contributed by atoms with Gasteiger partial charge in [0.15, 0.2) is 0 Å². The third-order valence-corrected chi connectivity index (χ3v) is 4.70. The van der Waals surface area contributed by atoms with Crippen molar-refractivity contribution >= 4 is 11.8 Å². The number of pyridine rings is 2. The van der Waals surface area contributed by atoms with Crippen molar-refractivity contribution in [2.24, 2.45) is 0 Å². The van der Waals surface area contributed by atoms with Gasteiger partial charge < -0.3 is 9.80 Å². The van der Waals surface area contributed by atoms with Crippen LogP contribution in [0.4, 0.5) is 0 Å². The molecule has 3 rings (SSSR count). The zero-order valence-electron chi connectivity index (χ0n) is 15.1. The normalized spacial score (nSPS) is 14.1. The minimum atomic E-state index is -0.103. The summed E-state index contributed by atoms with van der Waals surface area (Å²) in [5, 5.41) is 0. The summed E-state index contributed by atoms with van der Waals surface area (Å²) in [5.74, 6) is -0.187. The summed E-state index contributed by atoms with van der Waals surface area (Å²) in [6.07, 6.45) is 9.02. The molecule has 2 aromatic rings. The molecule has 0 radical (unpaired) electrons. The van der Waals surface area contributed by atoms with Gasteiger partial charge in [0.1, 0.15) is 5.69 Å². The van der Waals surface area contributed by atoms with Crippen LogP contribution in [0.25, 0.3) is 0 Å². The molecule has 0 spiro atoms. The lowest BCUT2D eigenvalue weighted by Gasteiger charge is -2.26. The van der Waals surface area contributed by atoms with Gasteiger partial charge in [0.25, 0.3) is 11.8 Å². The minimum absolute atomic E-state index is 0.0845. The van der Waals surface area contributed by atoms with Crippen molar-refractivity contribution in [2.45, 2.75) is 25.7 Å². The van der Waals surface area contributed by atoms with Gasteiger partial charge in [-0.05, 0) is 55.5 Å². The number of rotatable bonds is 5. The van der Waals surface area contributed by atoms with E-state index >= 15 is 0 Å². The van der Waals surface area contributed by atoms with Crippen LogP contribution in [-0.4, -0.2) is 58.3 Å². The summed E-state index contributed by atoms with van der Waals surface area (Å²) < 4.78 is 0. The van der Waals surface area contributed by atoms with Crippen LogP contribution in [0.15, 0.2) is 42.9 Å². The average Bonchev–Trinajstić information content (AvgIpc) is 2.72. The molecule has 0 aromatic carbocycles. The number of amides is 2. The summed E-state index contributed by atoms with van der Waals surface area (Å²) in [5.41, 5.74) is 1.98. The van der Waals surface area contributed by atoms with Crippen molar-refractivity contribution in [3.63, 3.8) is 0 Å². The number of likely N-dealkylation sites (N-methyl/N-ethyl adjacent to an activating group) is 1. The predicted molar refractivity (Wildman–Crippen MR) is 98.9 cm³/mol. The summed E-state index contributed by atoms with van der Waals surface area (Å²) in [6.45, 7) is 2.13. The smallest absolute Gasteiger partial charge is 0.272 e. The molecule has 0 unspecified atom stereocenters. The Bertz CT molecular complexity index is 757. The van der Waals surface area contributed by atoms with Gasteiger partial charge in [0.2, 0.25) is 0 Å². The van der Waals surface area contributed by atoms with E-state index in [0.717, 1.165) is 44.3 Å². The van der Waals surface area contributed by atoms with Gasteiger partial charge in [-0.1, -0.05) is 0 Å². The molecule has 1 saturated heterocycles. The molecule has 0 atom stereocenters. The van der Waals surface area contributed by atoms with Crippen LogP contribution in [0.5, 0.6) is 0 Å². The SMILES string of the molecule is CN(CCc1ccncc1)C(=O)c1ccnc(C(=O)N2CCCCC2)c1. The molecular weight excluding hydrogens is 328 g/mol. The van der Waals surface area contributed by atoms with Crippen molar-refractivity contribution in [2.75, 3.05) is 26.7 Å². The van der Waals surface area contributed by atoms with E-state index in [1.807, 2.05) is 17.0 Å². The van der Waals surface area contributed by atoms with E-state index in [9.17, 15) is 9.59 Å². The molecule has 1 aliphatic rings. The number of carbonyl (C=O) groups excluding carboxylic acids is 2. The lowest BCUT2D eigenvalue weighted by molar-refractivity contribution is 0.0718. The second kappa shape index (κ2) is 8.56. The van der Waals surface area contributed by atoms with Crippen molar-refractivity contribution in [3.8, 4) is 0 Å². The Morgan fingerprint density at radius 2 is 1.81 bits per heavy atom. The Morgan fingerprint density at radius 1 is 1.08 bits per heavy atom. The lowest BCUT2D eigenvalue weighted by Crippen LogP contribution is -2.36. The number of aromatic nitrogens is 2. The van der Waals surface area contributed by atoms with E-state index in [1.165, 1.54) is 0 Å². The van der Waals surface area contributed by atoms with Crippen molar-refractivity contribution in [3.05, 3.63) is 59.7 Å². The van der Waals surface area contributed by atoms with Crippen LogP contribution < -0.4 is 0 Å². The highest BCUT2D eigenvalue weighted by atomic mass is 16.2. The first-order valence-electron chi connectivity index (χ1n) is 9.05. The molecule has 26 heavy (non-hydrogen) atoms. The number of carbonyl (C=O) groups is 2. The summed E-state index contributed by atoms with van der Waals surface area (Å²) >= 11 is 0. The van der Waals surface area contributed by atoms with Crippen LogP contribution in [0.2, 0.25) is 0 Å². The number of piperidine rings is 1. The average molecular weight is 352 g/mol. The zero-order chi connectivity index (χ0) is 18.4. The summed E-state index contributed by atoms with van der Waals surface area (Å²) in [6, 6.07) is 7.17.